The van der Waals surface area contributed by atoms with E-state index in [-0.39, 0.29) is 25.4 Å². The molecule has 1 heterocycles. The topological polar surface area (TPSA) is 104 Å². The van der Waals surface area contributed by atoms with Gasteiger partial charge in [0.15, 0.2) is 6.29 Å². The highest BCUT2D eigenvalue weighted by Crippen LogP contribution is 2.29. The van der Waals surface area contributed by atoms with Gasteiger partial charge in [-0.05, 0) is 80.1 Å². The molecule has 2 amide bonds. The number of hydrogen-bond acceptors (Lipinski definition) is 8. The fraction of sp³-hybridized carbons (Fsp3) is 0.926. The zero-order valence-corrected chi connectivity index (χ0v) is 24.8. The van der Waals surface area contributed by atoms with Gasteiger partial charge in [-0.25, -0.2) is 14.5 Å². The normalized spacial score (nSPS) is 25.4. The third-order valence-corrected chi connectivity index (χ3v) is 5.57. The molecule has 5 atom stereocenters. The summed E-state index contributed by atoms with van der Waals surface area (Å²) in [5.41, 5.74) is -1.86. The molecule has 0 aromatic carbocycles. The van der Waals surface area contributed by atoms with Crippen LogP contribution in [-0.2, 0) is 23.7 Å². The van der Waals surface area contributed by atoms with Crippen molar-refractivity contribution in [2.24, 2.45) is 5.92 Å². The molecular weight excluding hydrogens is 523 g/mol. The Morgan fingerprint density at radius 3 is 1.97 bits per heavy atom. The molecule has 0 spiro atoms. The maximum absolute atomic E-state index is 13.2. The summed E-state index contributed by atoms with van der Waals surface area (Å²) < 4.78 is 66.6. The first-order chi connectivity index (χ1) is 17.7. The molecule has 1 aliphatic rings. The minimum atomic E-state index is -4.30. The van der Waals surface area contributed by atoms with E-state index in [4.69, 9.17) is 23.7 Å². The van der Waals surface area contributed by atoms with Crippen LogP contribution in [0.15, 0.2) is 0 Å². The van der Waals surface area contributed by atoms with Crippen molar-refractivity contribution in [1.29, 1.82) is 0 Å². The smallest absolute Gasteiger partial charge is 0.420 e. The van der Waals surface area contributed by atoms with Gasteiger partial charge in [-0.3, -0.25) is 0 Å². The second-order valence-corrected chi connectivity index (χ2v) is 12.4. The first-order valence-electron chi connectivity index (χ1n) is 13.6. The van der Waals surface area contributed by atoms with E-state index in [9.17, 15) is 27.9 Å². The maximum atomic E-state index is 13.2. The monoisotopic (exact) mass is 571 g/mol. The van der Waals surface area contributed by atoms with E-state index < -0.39 is 66.6 Å². The van der Waals surface area contributed by atoms with Gasteiger partial charge >= 0.3 is 18.4 Å². The van der Waals surface area contributed by atoms with Crippen molar-refractivity contribution in [3.63, 3.8) is 0 Å². The molecule has 0 aliphatic carbocycles. The fourth-order valence-corrected chi connectivity index (χ4v) is 3.98. The van der Waals surface area contributed by atoms with Crippen molar-refractivity contribution < 1.29 is 51.6 Å². The van der Waals surface area contributed by atoms with Crippen molar-refractivity contribution >= 4 is 12.2 Å². The summed E-state index contributed by atoms with van der Waals surface area (Å²) in [6.45, 7) is 15.6. The Kier molecular flexibility index (Phi) is 13.5. The Labute approximate surface area is 230 Å². The number of alkyl halides is 3. The van der Waals surface area contributed by atoms with Crippen molar-refractivity contribution in [3.8, 4) is 0 Å². The van der Waals surface area contributed by atoms with Crippen molar-refractivity contribution in [3.05, 3.63) is 0 Å². The number of carbonyl (C=O) groups is 2. The van der Waals surface area contributed by atoms with Gasteiger partial charge in [-0.2, -0.15) is 13.2 Å². The lowest BCUT2D eigenvalue weighted by molar-refractivity contribution is -0.209. The highest BCUT2D eigenvalue weighted by Gasteiger charge is 2.43. The summed E-state index contributed by atoms with van der Waals surface area (Å²) in [5, 5.41) is 11.1. The summed E-state index contributed by atoms with van der Waals surface area (Å²) in [7, 11) is 0. The Balaban J connectivity index is 3.25. The van der Waals surface area contributed by atoms with Gasteiger partial charge < -0.3 is 28.8 Å². The van der Waals surface area contributed by atoms with Crippen LogP contribution in [0.2, 0.25) is 0 Å². The van der Waals surface area contributed by atoms with Gasteiger partial charge in [0.1, 0.15) is 17.3 Å². The second kappa shape index (κ2) is 14.8. The summed E-state index contributed by atoms with van der Waals surface area (Å²) in [6.07, 6.45) is -10.4. The number of aliphatic hydroxyl groups is 1. The lowest BCUT2D eigenvalue weighted by Gasteiger charge is -2.36. The SMILES string of the molecule is CC(C)CO[C@H]1CCC[C@H](N(C(=O)OC(C)(C)C)C(=O)OC(C)(C)C)C(O)O[C@@H](C)[C@@H]1OCCCC(F)(F)F. The molecule has 0 radical (unpaired) electrons. The van der Waals surface area contributed by atoms with Crippen LogP contribution in [0.4, 0.5) is 22.8 Å². The minimum absolute atomic E-state index is 0.134. The van der Waals surface area contributed by atoms with Gasteiger partial charge in [-0.15, -0.1) is 0 Å². The summed E-state index contributed by atoms with van der Waals surface area (Å²) in [6, 6.07) is -1.16. The van der Waals surface area contributed by atoms with Crippen molar-refractivity contribution in [2.45, 2.75) is 142 Å². The molecular formula is C27H48F3NO8. The molecule has 230 valence electrons. The molecule has 12 heteroatoms. The molecule has 1 fully saturated rings. The number of aliphatic hydroxyl groups excluding tert-OH is 1. The Hall–Kier alpha value is -1.63. The molecule has 0 aromatic rings. The highest BCUT2D eigenvalue weighted by molar-refractivity contribution is 5.88. The van der Waals surface area contributed by atoms with Crippen LogP contribution >= 0.6 is 0 Å². The predicted octanol–water partition coefficient (Wildman–Crippen LogP) is 6.20. The molecule has 1 saturated heterocycles. The number of amides is 2. The number of halogens is 3. The second-order valence-electron chi connectivity index (χ2n) is 12.4. The van der Waals surface area contributed by atoms with E-state index in [2.05, 4.69) is 0 Å². The van der Waals surface area contributed by atoms with Gasteiger partial charge in [0.25, 0.3) is 0 Å². The largest absolute Gasteiger partial charge is 0.443 e. The zero-order chi connectivity index (χ0) is 30.2. The number of carbonyl (C=O) groups excluding carboxylic acids is 2. The van der Waals surface area contributed by atoms with E-state index in [1.54, 1.807) is 48.5 Å². The quantitative estimate of drug-likeness (QED) is 0.343. The lowest BCUT2D eigenvalue weighted by Crippen LogP contribution is -2.54. The Morgan fingerprint density at radius 2 is 1.51 bits per heavy atom. The first kappa shape index (κ1) is 35.4. The maximum Gasteiger partial charge on any atom is 0.420 e. The standard InChI is InChI=1S/C27H48F3NO8/c1-17(2)16-36-20-13-10-12-19(22(32)37-18(3)21(20)35-15-11-14-27(28,29)30)31(23(33)38-25(4,5)6)24(34)39-26(7,8)9/h17-22,32H,10-16H2,1-9H3/t18-,19-,20-,21-,22?/m0/s1. The number of hydrogen-bond donors (Lipinski definition) is 1. The molecule has 0 bridgehead atoms. The van der Waals surface area contributed by atoms with Crippen LogP contribution in [0, 0.1) is 5.92 Å². The molecule has 0 saturated carbocycles. The first-order valence-corrected chi connectivity index (χ1v) is 13.6. The predicted molar refractivity (Wildman–Crippen MR) is 138 cm³/mol. The molecule has 1 rings (SSSR count). The zero-order valence-electron chi connectivity index (χ0n) is 24.8. The van der Waals surface area contributed by atoms with Crippen LogP contribution < -0.4 is 0 Å². The van der Waals surface area contributed by atoms with Gasteiger partial charge in [0, 0.05) is 19.6 Å². The highest BCUT2D eigenvalue weighted by atomic mass is 19.4. The van der Waals surface area contributed by atoms with E-state index in [1.807, 2.05) is 13.8 Å². The van der Waals surface area contributed by atoms with Crippen LogP contribution in [0.5, 0.6) is 0 Å². The van der Waals surface area contributed by atoms with Crippen LogP contribution in [0.25, 0.3) is 0 Å². The van der Waals surface area contributed by atoms with Gasteiger partial charge in [0.05, 0.1) is 18.2 Å². The number of imide groups is 1. The third-order valence-electron chi connectivity index (χ3n) is 5.57. The van der Waals surface area contributed by atoms with E-state index in [0.717, 1.165) is 4.90 Å². The van der Waals surface area contributed by atoms with E-state index >= 15 is 0 Å². The Bertz CT molecular complexity index is 736. The van der Waals surface area contributed by atoms with Gasteiger partial charge in [-0.1, -0.05) is 13.8 Å². The number of nitrogens with zero attached hydrogens (tertiary/aromatic N) is 1. The molecule has 1 aliphatic heterocycles. The fourth-order valence-electron chi connectivity index (χ4n) is 3.98. The van der Waals surface area contributed by atoms with Crippen molar-refractivity contribution in [2.75, 3.05) is 13.2 Å². The molecule has 1 unspecified atom stereocenters. The Morgan fingerprint density at radius 1 is 0.974 bits per heavy atom. The van der Waals surface area contributed by atoms with Crippen LogP contribution in [-0.4, -0.2) is 83.4 Å². The summed E-state index contributed by atoms with van der Waals surface area (Å²) >= 11 is 0. The number of rotatable bonds is 8. The van der Waals surface area contributed by atoms with Crippen LogP contribution in [0.3, 0.4) is 0 Å². The average molecular weight is 572 g/mol. The minimum Gasteiger partial charge on any atom is -0.443 e. The van der Waals surface area contributed by atoms with Gasteiger partial charge in [0.2, 0.25) is 0 Å². The molecule has 1 N–H and O–H groups in total. The lowest BCUT2D eigenvalue weighted by atomic mass is 10.0. The molecule has 9 nitrogen and oxygen atoms in total. The van der Waals surface area contributed by atoms with E-state index in [0.29, 0.717) is 19.4 Å². The molecule has 0 aromatic heterocycles. The molecule has 39 heavy (non-hydrogen) atoms. The number of ether oxygens (including phenoxy) is 5. The van der Waals surface area contributed by atoms with Crippen LogP contribution in [0.1, 0.15) is 94.4 Å². The van der Waals surface area contributed by atoms with E-state index in [1.165, 1.54) is 0 Å². The summed E-state index contributed by atoms with van der Waals surface area (Å²) in [5.74, 6) is 0.188. The third kappa shape index (κ3) is 14.0. The average Bonchev–Trinajstić information content (AvgIpc) is 2.76. The summed E-state index contributed by atoms with van der Waals surface area (Å²) in [4.78, 5) is 27.0. The van der Waals surface area contributed by atoms with Crippen molar-refractivity contribution in [1.82, 2.24) is 4.90 Å².